The molecule has 0 radical (unpaired) electrons. The van der Waals surface area contributed by atoms with Gasteiger partial charge >= 0.3 is 0 Å². The van der Waals surface area contributed by atoms with E-state index < -0.39 is 0 Å². The van der Waals surface area contributed by atoms with Crippen LogP contribution in [0.1, 0.15) is 25.1 Å². The molecule has 4 N–H and O–H groups in total. The molecule has 8 nitrogen and oxygen atoms in total. The topological polar surface area (TPSA) is 115 Å². The van der Waals surface area contributed by atoms with Gasteiger partial charge in [-0.3, -0.25) is 0 Å². The lowest BCUT2D eigenvalue weighted by molar-refractivity contribution is 0.388. The largest absolute Gasteiger partial charge is 0.370 e. The van der Waals surface area contributed by atoms with Crippen LogP contribution in [0, 0.1) is 6.92 Å². The molecule has 0 saturated heterocycles. The van der Waals surface area contributed by atoms with Crippen LogP contribution in [-0.4, -0.2) is 26.7 Å². The summed E-state index contributed by atoms with van der Waals surface area (Å²) in [5.74, 6) is 2.63. The van der Waals surface area contributed by atoms with Gasteiger partial charge in [-0.2, -0.15) is 15.0 Å². The zero-order chi connectivity index (χ0) is 13.7. The Kier molecular flexibility index (Phi) is 4.11. The van der Waals surface area contributed by atoms with Crippen molar-refractivity contribution in [2.45, 2.75) is 26.8 Å². The number of hydrogen-bond acceptors (Lipinski definition) is 8. The van der Waals surface area contributed by atoms with E-state index in [0.29, 0.717) is 29.9 Å². The van der Waals surface area contributed by atoms with Crippen LogP contribution in [0.25, 0.3) is 0 Å². The Morgan fingerprint density at radius 1 is 1.21 bits per heavy atom. The molecule has 0 aliphatic rings. The Labute approximate surface area is 110 Å². The fourth-order valence-corrected chi connectivity index (χ4v) is 1.48. The molecule has 0 spiro atoms. The van der Waals surface area contributed by atoms with Crippen molar-refractivity contribution in [2.75, 3.05) is 22.9 Å². The molecule has 2 rings (SSSR count). The first-order valence-corrected chi connectivity index (χ1v) is 6.09. The lowest BCUT2D eigenvalue weighted by Crippen LogP contribution is -2.09. The molecule has 0 fully saturated rings. The second kappa shape index (κ2) is 5.98. The number of aromatic nitrogens is 4. The number of aryl methyl sites for hydroxylation is 1. The van der Waals surface area contributed by atoms with Crippen LogP contribution in [0.15, 0.2) is 10.6 Å². The third kappa shape index (κ3) is 3.80. The molecule has 0 atom stereocenters. The SMILES string of the molecule is CCCNc1cc(NCc2noc(C)n2)nc(N)n1. The van der Waals surface area contributed by atoms with Crippen LogP contribution in [0.4, 0.5) is 17.6 Å². The second-order valence-corrected chi connectivity index (χ2v) is 4.01. The maximum atomic E-state index is 5.65. The number of rotatable bonds is 6. The standard InChI is InChI=1S/C11H17N7O/c1-3-4-13-8-5-9(17-11(12)16-8)14-6-10-15-7(2)19-18-10/h5H,3-4,6H2,1-2H3,(H4,12,13,14,16,17). The highest BCUT2D eigenvalue weighted by atomic mass is 16.5. The van der Waals surface area contributed by atoms with Crippen molar-refractivity contribution < 1.29 is 4.52 Å². The van der Waals surface area contributed by atoms with Gasteiger partial charge in [-0.1, -0.05) is 12.1 Å². The first-order chi connectivity index (χ1) is 9.17. The third-order valence-electron chi connectivity index (χ3n) is 2.30. The monoisotopic (exact) mass is 263 g/mol. The van der Waals surface area contributed by atoms with E-state index in [1.807, 2.05) is 0 Å². The van der Waals surface area contributed by atoms with Gasteiger partial charge < -0.3 is 20.9 Å². The summed E-state index contributed by atoms with van der Waals surface area (Å²) in [5, 5.41) is 10.0. The number of anilines is 3. The van der Waals surface area contributed by atoms with Crippen molar-refractivity contribution in [1.29, 1.82) is 0 Å². The molecule has 0 amide bonds. The molecule has 0 saturated carbocycles. The van der Waals surface area contributed by atoms with Crippen LogP contribution < -0.4 is 16.4 Å². The van der Waals surface area contributed by atoms with E-state index in [9.17, 15) is 0 Å². The van der Waals surface area contributed by atoms with Crippen LogP contribution in [0.5, 0.6) is 0 Å². The molecule has 2 aromatic heterocycles. The van der Waals surface area contributed by atoms with Gasteiger partial charge in [-0.25, -0.2) is 0 Å². The predicted molar refractivity (Wildman–Crippen MR) is 71.6 cm³/mol. The molecule has 0 aromatic carbocycles. The minimum absolute atomic E-state index is 0.216. The molecule has 0 unspecified atom stereocenters. The number of nitrogens with two attached hydrogens (primary N) is 1. The molecule has 2 heterocycles. The minimum atomic E-state index is 0.216. The first-order valence-electron chi connectivity index (χ1n) is 6.09. The van der Waals surface area contributed by atoms with Gasteiger partial charge in [0.05, 0.1) is 6.54 Å². The summed E-state index contributed by atoms with van der Waals surface area (Å²) < 4.78 is 4.88. The number of nitrogens with zero attached hydrogens (tertiary/aromatic N) is 4. The Hall–Kier alpha value is -2.38. The molecule has 0 bridgehead atoms. The van der Waals surface area contributed by atoms with E-state index in [2.05, 4.69) is 37.7 Å². The van der Waals surface area contributed by atoms with Crippen molar-refractivity contribution in [3.63, 3.8) is 0 Å². The molecule has 19 heavy (non-hydrogen) atoms. The molecule has 102 valence electrons. The molecule has 8 heteroatoms. The number of nitrogens with one attached hydrogen (secondary N) is 2. The maximum absolute atomic E-state index is 5.65. The normalized spacial score (nSPS) is 10.4. The Morgan fingerprint density at radius 2 is 1.95 bits per heavy atom. The van der Waals surface area contributed by atoms with Crippen molar-refractivity contribution in [3.8, 4) is 0 Å². The van der Waals surface area contributed by atoms with Crippen LogP contribution >= 0.6 is 0 Å². The molecular formula is C11H17N7O. The fourth-order valence-electron chi connectivity index (χ4n) is 1.48. The van der Waals surface area contributed by atoms with Crippen molar-refractivity contribution in [3.05, 3.63) is 17.8 Å². The highest BCUT2D eigenvalue weighted by Gasteiger charge is 2.05. The number of nitrogen functional groups attached to an aromatic ring is 1. The first kappa shape index (κ1) is 13.1. The minimum Gasteiger partial charge on any atom is -0.370 e. The van der Waals surface area contributed by atoms with Gasteiger partial charge in [-0.15, -0.1) is 0 Å². The van der Waals surface area contributed by atoms with Crippen molar-refractivity contribution in [1.82, 2.24) is 20.1 Å². The Bertz CT molecular complexity index is 540. The van der Waals surface area contributed by atoms with Crippen LogP contribution in [-0.2, 0) is 6.54 Å². The van der Waals surface area contributed by atoms with Gasteiger partial charge in [0.25, 0.3) is 0 Å². The average molecular weight is 263 g/mol. The fraction of sp³-hybridized carbons (Fsp3) is 0.455. The van der Waals surface area contributed by atoms with E-state index in [1.54, 1.807) is 13.0 Å². The van der Waals surface area contributed by atoms with Gasteiger partial charge in [0, 0.05) is 19.5 Å². The summed E-state index contributed by atoms with van der Waals surface area (Å²) in [6.07, 6.45) is 1.01. The van der Waals surface area contributed by atoms with E-state index in [4.69, 9.17) is 10.3 Å². The maximum Gasteiger partial charge on any atom is 0.223 e. The Balaban J connectivity index is 2.01. The van der Waals surface area contributed by atoms with Crippen LogP contribution in [0.2, 0.25) is 0 Å². The van der Waals surface area contributed by atoms with Gasteiger partial charge in [0.15, 0.2) is 5.82 Å². The van der Waals surface area contributed by atoms with Crippen molar-refractivity contribution >= 4 is 17.6 Å². The predicted octanol–water partition coefficient (Wildman–Crippen LogP) is 1.18. The lowest BCUT2D eigenvalue weighted by atomic mass is 10.4. The lowest BCUT2D eigenvalue weighted by Gasteiger charge is -2.08. The van der Waals surface area contributed by atoms with Gasteiger partial charge in [0.2, 0.25) is 11.8 Å². The second-order valence-electron chi connectivity index (χ2n) is 4.01. The molecule has 0 aliphatic heterocycles. The summed E-state index contributed by atoms with van der Waals surface area (Å²) in [4.78, 5) is 12.3. The molecular weight excluding hydrogens is 246 g/mol. The zero-order valence-corrected chi connectivity index (χ0v) is 11.0. The summed E-state index contributed by atoms with van der Waals surface area (Å²) in [7, 11) is 0. The zero-order valence-electron chi connectivity index (χ0n) is 11.0. The summed E-state index contributed by atoms with van der Waals surface area (Å²) in [6.45, 7) is 5.07. The summed E-state index contributed by atoms with van der Waals surface area (Å²) >= 11 is 0. The van der Waals surface area contributed by atoms with E-state index >= 15 is 0 Å². The summed E-state index contributed by atoms with van der Waals surface area (Å²) in [5.41, 5.74) is 5.65. The van der Waals surface area contributed by atoms with Gasteiger partial charge in [0.1, 0.15) is 11.6 Å². The molecule has 0 aliphatic carbocycles. The quantitative estimate of drug-likeness (QED) is 0.711. The van der Waals surface area contributed by atoms with E-state index in [0.717, 1.165) is 13.0 Å². The average Bonchev–Trinajstić information content (AvgIpc) is 2.79. The highest BCUT2D eigenvalue weighted by molar-refractivity contribution is 5.50. The van der Waals surface area contributed by atoms with Crippen molar-refractivity contribution in [2.24, 2.45) is 0 Å². The van der Waals surface area contributed by atoms with E-state index in [1.165, 1.54) is 0 Å². The smallest absolute Gasteiger partial charge is 0.223 e. The number of hydrogen-bond donors (Lipinski definition) is 3. The highest BCUT2D eigenvalue weighted by Crippen LogP contribution is 2.13. The summed E-state index contributed by atoms with van der Waals surface area (Å²) in [6, 6.07) is 1.79. The van der Waals surface area contributed by atoms with Crippen LogP contribution in [0.3, 0.4) is 0 Å². The van der Waals surface area contributed by atoms with Gasteiger partial charge in [-0.05, 0) is 6.42 Å². The Morgan fingerprint density at radius 3 is 2.58 bits per heavy atom. The van der Waals surface area contributed by atoms with E-state index in [-0.39, 0.29) is 5.95 Å². The molecule has 2 aromatic rings. The third-order valence-corrected chi connectivity index (χ3v) is 2.30.